The number of benzene rings is 6. The van der Waals surface area contributed by atoms with Gasteiger partial charge in [0.1, 0.15) is 23.0 Å². The lowest BCUT2D eigenvalue weighted by atomic mass is 9.82. The second kappa shape index (κ2) is 19.9. The molecule has 0 aliphatic heterocycles. The quantitative estimate of drug-likeness (QED) is 0.0416. The zero-order chi connectivity index (χ0) is 38.4. The highest BCUT2D eigenvalue weighted by Crippen LogP contribution is 2.33. The van der Waals surface area contributed by atoms with Crippen molar-refractivity contribution < 1.29 is 28.5 Å². The molecular weight excluding hydrogens is 737 g/mol. The molecule has 56 heavy (non-hydrogen) atoms. The Labute approximate surface area is 337 Å². The monoisotopic (exact) mass is 780 g/mol. The van der Waals surface area contributed by atoms with Gasteiger partial charge >= 0.3 is 11.9 Å². The molecule has 6 aromatic carbocycles. The number of hydrogen-bond acceptors (Lipinski definition) is 8. The molecular formula is C48H44O6S2. The van der Waals surface area contributed by atoms with Gasteiger partial charge in [-0.25, -0.2) is 0 Å². The van der Waals surface area contributed by atoms with E-state index in [0.717, 1.165) is 45.3 Å². The molecule has 6 aromatic rings. The minimum Gasteiger partial charge on any atom is -0.493 e. The molecule has 284 valence electrons. The van der Waals surface area contributed by atoms with Gasteiger partial charge in [-0.2, -0.15) is 0 Å². The minimum absolute atomic E-state index is 0.249. The maximum atomic E-state index is 13.0. The molecule has 7 rings (SSSR count). The Balaban J connectivity index is 0.801. The van der Waals surface area contributed by atoms with Crippen molar-refractivity contribution in [3.63, 3.8) is 0 Å². The molecule has 0 unspecified atom stereocenters. The fourth-order valence-corrected chi connectivity index (χ4v) is 8.06. The Kier molecular flexibility index (Phi) is 13.8. The van der Waals surface area contributed by atoms with Gasteiger partial charge in [-0.05, 0) is 121 Å². The van der Waals surface area contributed by atoms with E-state index in [1.165, 1.54) is 9.79 Å². The lowest BCUT2D eigenvalue weighted by molar-refractivity contribution is -0.145. The molecule has 0 N–H and O–H groups in total. The van der Waals surface area contributed by atoms with Crippen molar-refractivity contribution in [2.24, 2.45) is 11.8 Å². The molecule has 0 heterocycles. The molecule has 0 saturated heterocycles. The summed E-state index contributed by atoms with van der Waals surface area (Å²) in [7, 11) is 0. The number of hydrogen-bond donors (Lipinski definition) is 0. The smallest absolute Gasteiger partial charge is 0.314 e. The molecule has 1 aliphatic rings. The molecule has 1 saturated carbocycles. The van der Waals surface area contributed by atoms with Gasteiger partial charge in [0.15, 0.2) is 0 Å². The first-order chi connectivity index (χ1) is 27.6. The van der Waals surface area contributed by atoms with E-state index in [0.29, 0.717) is 50.4 Å². The fraction of sp³-hybridized carbons (Fsp3) is 0.208. The molecule has 0 atom stereocenters. The molecule has 8 heteroatoms. The zero-order valence-corrected chi connectivity index (χ0v) is 32.7. The van der Waals surface area contributed by atoms with E-state index >= 15 is 0 Å². The van der Waals surface area contributed by atoms with Gasteiger partial charge in [-0.15, -0.1) is 23.5 Å². The second-order valence-electron chi connectivity index (χ2n) is 13.5. The molecule has 0 amide bonds. The van der Waals surface area contributed by atoms with E-state index in [1.807, 2.05) is 133 Å². The topological polar surface area (TPSA) is 71.1 Å². The van der Waals surface area contributed by atoms with Gasteiger partial charge in [0.05, 0.1) is 25.0 Å². The Morgan fingerprint density at radius 2 is 0.714 bits per heavy atom. The van der Waals surface area contributed by atoms with Crippen LogP contribution < -0.4 is 18.9 Å². The highest BCUT2D eigenvalue weighted by Gasteiger charge is 2.32. The van der Waals surface area contributed by atoms with Crippen molar-refractivity contribution in [2.75, 3.05) is 24.7 Å². The van der Waals surface area contributed by atoms with Crippen LogP contribution in [-0.4, -0.2) is 36.7 Å². The van der Waals surface area contributed by atoms with Crippen LogP contribution in [0.2, 0.25) is 0 Å². The maximum absolute atomic E-state index is 13.0. The van der Waals surface area contributed by atoms with Crippen LogP contribution in [0.1, 0.15) is 25.7 Å². The van der Waals surface area contributed by atoms with Gasteiger partial charge in [0.25, 0.3) is 0 Å². The summed E-state index contributed by atoms with van der Waals surface area (Å²) in [5.74, 6) is 3.43. The molecule has 1 aliphatic carbocycles. The molecule has 0 aromatic heterocycles. The van der Waals surface area contributed by atoms with Crippen LogP contribution in [0.15, 0.2) is 168 Å². The Morgan fingerprint density at radius 3 is 1.04 bits per heavy atom. The van der Waals surface area contributed by atoms with Gasteiger partial charge in [0.2, 0.25) is 0 Å². The van der Waals surface area contributed by atoms with Crippen molar-refractivity contribution in [3.8, 4) is 45.3 Å². The highest BCUT2D eigenvalue weighted by molar-refractivity contribution is 7.99. The Bertz CT molecular complexity index is 1960. The summed E-state index contributed by atoms with van der Waals surface area (Å²) in [5, 5.41) is 0. The van der Waals surface area contributed by atoms with E-state index in [1.54, 1.807) is 23.5 Å². The van der Waals surface area contributed by atoms with Crippen LogP contribution in [0.5, 0.6) is 23.0 Å². The SMILES string of the molecule is O=C(Oc1ccc(-c2ccc(OCCSc3ccccc3)cc2)cc1)C1CCC(C(=O)Oc2ccc(-c3ccc(OCCSc4ccccc4)cc3)cc2)CC1. The normalized spacial score (nSPS) is 15.1. The van der Waals surface area contributed by atoms with Crippen LogP contribution in [-0.2, 0) is 9.59 Å². The van der Waals surface area contributed by atoms with Crippen LogP contribution in [0.3, 0.4) is 0 Å². The standard InChI is InChI=1S/C48H44O6S2/c49-47(53-43-27-19-37(20-28-43)35-15-23-41(24-16-35)51-31-33-55-45-7-3-1-4-8-45)39-11-13-40(14-12-39)48(50)54-44-29-21-38(22-30-44)36-17-25-42(26-18-36)52-32-34-56-46-9-5-2-6-10-46/h1-10,15-30,39-40H,11-14,31-34H2. The average molecular weight is 781 g/mol. The van der Waals surface area contributed by atoms with E-state index in [9.17, 15) is 9.59 Å². The summed E-state index contributed by atoms with van der Waals surface area (Å²) in [6, 6.07) is 51.8. The number of rotatable bonds is 16. The molecule has 0 radical (unpaired) electrons. The lowest BCUT2D eigenvalue weighted by Crippen LogP contribution is -2.30. The first kappa shape index (κ1) is 38.8. The number of carbonyl (C=O) groups excluding carboxylic acids is 2. The Morgan fingerprint density at radius 1 is 0.411 bits per heavy atom. The molecule has 0 spiro atoms. The van der Waals surface area contributed by atoms with Crippen molar-refractivity contribution in [1.82, 2.24) is 0 Å². The van der Waals surface area contributed by atoms with Crippen LogP contribution in [0.25, 0.3) is 22.3 Å². The second-order valence-corrected chi connectivity index (χ2v) is 15.8. The summed E-state index contributed by atoms with van der Waals surface area (Å²) in [4.78, 5) is 28.5. The van der Waals surface area contributed by atoms with Gasteiger partial charge in [0, 0.05) is 21.3 Å². The van der Waals surface area contributed by atoms with Crippen LogP contribution in [0.4, 0.5) is 0 Å². The first-order valence-corrected chi connectivity index (χ1v) is 21.0. The van der Waals surface area contributed by atoms with Crippen LogP contribution >= 0.6 is 23.5 Å². The summed E-state index contributed by atoms with van der Waals surface area (Å²) >= 11 is 3.55. The van der Waals surface area contributed by atoms with Crippen molar-refractivity contribution in [1.29, 1.82) is 0 Å². The van der Waals surface area contributed by atoms with Crippen molar-refractivity contribution >= 4 is 35.5 Å². The van der Waals surface area contributed by atoms with Gasteiger partial charge < -0.3 is 18.9 Å². The van der Waals surface area contributed by atoms with Gasteiger partial charge in [-0.1, -0.05) is 84.9 Å². The number of thioether (sulfide) groups is 2. The number of ether oxygens (including phenoxy) is 4. The summed E-state index contributed by atoms with van der Waals surface area (Å²) in [5.41, 5.74) is 4.15. The minimum atomic E-state index is -0.256. The average Bonchev–Trinajstić information content (AvgIpc) is 3.26. The fourth-order valence-electron chi connectivity index (χ4n) is 6.55. The third-order valence-electron chi connectivity index (χ3n) is 9.64. The molecule has 0 bridgehead atoms. The predicted molar refractivity (Wildman–Crippen MR) is 226 cm³/mol. The highest BCUT2D eigenvalue weighted by atomic mass is 32.2. The third-order valence-corrected chi connectivity index (χ3v) is 11.6. The van der Waals surface area contributed by atoms with Crippen molar-refractivity contribution in [3.05, 3.63) is 158 Å². The molecule has 1 fully saturated rings. The molecule has 6 nitrogen and oxygen atoms in total. The largest absolute Gasteiger partial charge is 0.493 e. The summed E-state index contributed by atoms with van der Waals surface area (Å²) in [6.45, 7) is 1.26. The van der Waals surface area contributed by atoms with Crippen LogP contribution in [0, 0.1) is 11.8 Å². The zero-order valence-electron chi connectivity index (χ0n) is 31.1. The number of esters is 2. The first-order valence-electron chi connectivity index (χ1n) is 19.0. The van der Waals surface area contributed by atoms with E-state index in [4.69, 9.17) is 18.9 Å². The van der Waals surface area contributed by atoms with E-state index in [2.05, 4.69) is 24.3 Å². The number of carbonyl (C=O) groups is 2. The van der Waals surface area contributed by atoms with E-state index < -0.39 is 0 Å². The lowest BCUT2D eigenvalue weighted by Gasteiger charge is -2.25. The maximum Gasteiger partial charge on any atom is 0.314 e. The van der Waals surface area contributed by atoms with Gasteiger partial charge in [-0.3, -0.25) is 9.59 Å². The predicted octanol–water partition coefficient (Wildman–Crippen LogP) is 11.7. The third kappa shape index (κ3) is 11.3. The summed E-state index contributed by atoms with van der Waals surface area (Å²) < 4.78 is 23.3. The summed E-state index contributed by atoms with van der Waals surface area (Å²) in [6.07, 6.45) is 2.34. The van der Waals surface area contributed by atoms with Crippen molar-refractivity contribution in [2.45, 2.75) is 35.5 Å². The van der Waals surface area contributed by atoms with E-state index in [-0.39, 0.29) is 23.8 Å². The Hall–Kier alpha value is -5.44.